The van der Waals surface area contributed by atoms with E-state index in [-0.39, 0.29) is 6.54 Å². The van der Waals surface area contributed by atoms with E-state index in [2.05, 4.69) is 0 Å². The molecule has 1 unspecified atom stereocenters. The van der Waals surface area contributed by atoms with Gasteiger partial charge in [-0.3, -0.25) is 0 Å². The van der Waals surface area contributed by atoms with Gasteiger partial charge in [-0.05, 0) is 12.1 Å². The summed E-state index contributed by atoms with van der Waals surface area (Å²) in [5.74, 6) is 0.921. The molecule has 0 amide bonds. The predicted molar refractivity (Wildman–Crippen MR) is 52.4 cm³/mol. The van der Waals surface area contributed by atoms with Crippen LogP contribution >= 0.6 is 0 Å². The largest absolute Gasteiger partial charge is 0.496 e. The van der Waals surface area contributed by atoms with Crippen LogP contribution in [0.25, 0.3) is 0 Å². The number of hydrogen-bond donors (Lipinski definition) is 1. The van der Waals surface area contributed by atoms with Crippen LogP contribution in [0.2, 0.25) is 0 Å². The normalized spacial score (nSPS) is 12.3. The number of benzene rings is 1. The zero-order valence-corrected chi connectivity index (χ0v) is 8.29. The van der Waals surface area contributed by atoms with Crippen molar-refractivity contribution in [1.82, 2.24) is 0 Å². The Bertz CT molecular complexity index is 282. The fraction of sp³-hybridized carbons (Fsp3) is 0.400. The van der Waals surface area contributed by atoms with Gasteiger partial charge in [-0.1, -0.05) is 6.07 Å². The lowest BCUT2D eigenvalue weighted by Crippen LogP contribution is -2.10. The Balaban J connectivity index is 3.18. The molecule has 0 aliphatic heterocycles. The molecule has 0 spiro atoms. The van der Waals surface area contributed by atoms with Crippen molar-refractivity contribution in [2.45, 2.75) is 6.17 Å². The van der Waals surface area contributed by atoms with Crippen molar-refractivity contribution in [2.24, 2.45) is 5.73 Å². The lowest BCUT2D eigenvalue weighted by atomic mass is 10.1. The summed E-state index contributed by atoms with van der Waals surface area (Å²) < 4.78 is 23.5. The van der Waals surface area contributed by atoms with Gasteiger partial charge in [0.1, 0.15) is 17.7 Å². The molecular weight excluding hydrogens is 185 g/mol. The van der Waals surface area contributed by atoms with Crippen molar-refractivity contribution in [3.05, 3.63) is 23.8 Å². The number of hydrogen-bond acceptors (Lipinski definition) is 3. The van der Waals surface area contributed by atoms with E-state index in [4.69, 9.17) is 15.2 Å². The van der Waals surface area contributed by atoms with Gasteiger partial charge in [0.25, 0.3) is 0 Å². The van der Waals surface area contributed by atoms with Crippen LogP contribution < -0.4 is 15.2 Å². The molecule has 1 rings (SSSR count). The first kappa shape index (κ1) is 10.8. The Hall–Kier alpha value is -1.29. The van der Waals surface area contributed by atoms with Crippen molar-refractivity contribution in [1.29, 1.82) is 0 Å². The van der Waals surface area contributed by atoms with Gasteiger partial charge in [0.15, 0.2) is 0 Å². The number of ether oxygens (including phenoxy) is 2. The topological polar surface area (TPSA) is 44.5 Å². The highest BCUT2D eigenvalue weighted by atomic mass is 19.1. The molecular formula is C10H14FNO2. The van der Waals surface area contributed by atoms with Gasteiger partial charge < -0.3 is 15.2 Å². The Morgan fingerprint density at radius 2 is 1.79 bits per heavy atom. The Kier molecular flexibility index (Phi) is 3.71. The molecule has 0 radical (unpaired) electrons. The van der Waals surface area contributed by atoms with Crippen LogP contribution in [0.1, 0.15) is 11.7 Å². The molecule has 0 fully saturated rings. The summed E-state index contributed by atoms with van der Waals surface area (Å²) in [6, 6.07) is 5.10. The van der Waals surface area contributed by atoms with Gasteiger partial charge in [0.05, 0.1) is 19.8 Å². The molecule has 0 aromatic heterocycles. The van der Waals surface area contributed by atoms with E-state index in [1.165, 1.54) is 14.2 Å². The van der Waals surface area contributed by atoms with Crippen LogP contribution in [-0.2, 0) is 0 Å². The van der Waals surface area contributed by atoms with Crippen molar-refractivity contribution in [3.8, 4) is 11.5 Å². The number of alkyl halides is 1. The van der Waals surface area contributed by atoms with Gasteiger partial charge in [-0.15, -0.1) is 0 Å². The lowest BCUT2D eigenvalue weighted by Gasteiger charge is -2.14. The smallest absolute Gasteiger partial charge is 0.144 e. The first-order valence-corrected chi connectivity index (χ1v) is 4.29. The summed E-state index contributed by atoms with van der Waals surface area (Å²) >= 11 is 0. The average Bonchev–Trinajstić information content (AvgIpc) is 2.26. The molecule has 0 saturated heterocycles. The minimum atomic E-state index is -1.26. The van der Waals surface area contributed by atoms with Crippen LogP contribution in [0.5, 0.6) is 11.5 Å². The lowest BCUT2D eigenvalue weighted by molar-refractivity contribution is 0.312. The van der Waals surface area contributed by atoms with Crippen LogP contribution in [0, 0.1) is 0 Å². The Morgan fingerprint density at radius 3 is 2.14 bits per heavy atom. The van der Waals surface area contributed by atoms with E-state index in [0.29, 0.717) is 17.1 Å². The second-order valence-corrected chi connectivity index (χ2v) is 2.78. The van der Waals surface area contributed by atoms with Gasteiger partial charge >= 0.3 is 0 Å². The number of rotatable bonds is 4. The molecule has 2 N–H and O–H groups in total. The molecule has 1 aromatic rings. The minimum absolute atomic E-state index is 0.0866. The minimum Gasteiger partial charge on any atom is -0.496 e. The number of methoxy groups -OCH3 is 2. The van der Waals surface area contributed by atoms with Gasteiger partial charge in [-0.2, -0.15) is 0 Å². The van der Waals surface area contributed by atoms with Gasteiger partial charge in [0.2, 0.25) is 0 Å². The molecule has 0 heterocycles. The van der Waals surface area contributed by atoms with Gasteiger partial charge in [-0.25, -0.2) is 4.39 Å². The third-order valence-corrected chi connectivity index (χ3v) is 1.99. The second-order valence-electron chi connectivity index (χ2n) is 2.78. The number of nitrogens with two attached hydrogens (primary N) is 1. The molecule has 0 saturated carbocycles. The summed E-state index contributed by atoms with van der Waals surface area (Å²) in [5, 5.41) is 0. The fourth-order valence-electron chi connectivity index (χ4n) is 1.31. The van der Waals surface area contributed by atoms with E-state index in [1.54, 1.807) is 18.2 Å². The average molecular weight is 199 g/mol. The Morgan fingerprint density at radius 1 is 1.29 bits per heavy atom. The van der Waals surface area contributed by atoms with Crippen molar-refractivity contribution >= 4 is 0 Å². The zero-order chi connectivity index (χ0) is 10.6. The van der Waals surface area contributed by atoms with E-state index in [9.17, 15) is 4.39 Å². The van der Waals surface area contributed by atoms with Crippen molar-refractivity contribution in [2.75, 3.05) is 20.8 Å². The summed E-state index contributed by atoms with van der Waals surface area (Å²) in [6.07, 6.45) is -1.26. The third-order valence-electron chi connectivity index (χ3n) is 1.99. The highest BCUT2D eigenvalue weighted by Gasteiger charge is 2.18. The van der Waals surface area contributed by atoms with Crippen LogP contribution in [0.15, 0.2) is 18.2 Å². The maximum Gasteiger partial charge on any atom is 0.144 e. The summed E-state index contributed by atoms with van der Waals surface area (Å²) in [4.78, 5) is 0. The molecule has 0 aliphatic carbocycles. The maximum atomic E-state index is 13.5. The molecule has 4 heteroatoms. The fourth-order valence-corrected chi connectivity index (χ4v) is 1.31. The van der Waals surface area contributed by atoms with E-state index in [1.807, 2.05) is 0 Å². The number of halogens is 1. The standard InChI is InChI=1S/C10H14FNO2/c1-13-8-4-3-5-9(14-2)10(8)7(11)6-12/h3-5,7H,6,12H2,1-2H3. The second kappa shape index (κ2) is 4.81. The molecule has 1 atom stereocenters. The monoisotopic (exact) mass is 199 g/mol. The SMILES string of the molecule is COc1cccc(OC)c1C(F)CN. The van der Waals surface area contributed by atoms with E-state index >= 15 is 0 Å². The van der Waals surface area contributed by atoms with Gasteiger partial charge in [0, 0.05) is 6.54 Å². The summed E-state index contributed by atoms with van der Waals surface area (Å²) in [5.41, 5.74) is 5.64. The molecule has 0 bridgehead atoms. The van der Waals surface area contributed by atoms with Crippen molar-refractivity contribution in [3.63, 3.8) is 0 Å². The maximum absolute atomic E-state index is 13.5. The molecule has 0 aliphatic rings. The summed E-state index contributed by atoms with van der Waals surface area (Å²) in [7, 11) is 2.98. The van der Waals surface area contributed by atoms with Crippen LogP contribution in [-0.4, -0.2) is 20.8 Å². The molecule has 1 aromatic carbocycles. The zero-order valence-electron chi connectivity index (χ0n) is 8.29. The highest BCUT2D eigenvalue weighted by Crippen LogP contribution is 2.35. The van der Waals surface area contributed by atoms with E-state index in [0.717, 1.165) is 0 Å². The predicted octanol–water partition coefficient (Wildman–Crippen LogP) is 1.67. The van der Waals surface area contributed by atoms with Crippen molar-refractivity contribution < 1.29 is 13.9 Å². The van der Waals surface area contributed by atoms with Crippen LogP contribution in [0.3, 0.4) is 0 Å². The summed E-state index contributed by atoms with van der Waals surface area (Å²) in [6.45, 7) is -0.0866. The van der Waals surface area contributed by atoms with E-state index < -0.39 is 6.17 Å². The quantitative estimate of drug-likeness (QED) is 0.802. The third kappa shape index (κ3) is 1.96. The molecule has 14 heavy (non-hydrogen) atoms. The Labute approximate surface area is 82.6 Å². The highest BCUT2D eigenvalue weighted by molar-refractivity contribution is 5.46. The first-order chi connectivity index (χ1) is 6.74. The molecule has 78 valence electrons. The van der Waals surface area contributed by atoms with Crippen LogP contribution in [0.4, 0.5) is 4.39 Å². The first-order valence-electron chi connectivity index (χ1n) is 4.29. The molecule has 3 nitrogen and oxygen atoms in total.